The van der Waals surface area contributed by atoms with Crippen LogP contribution < -0.4 is 10.2 Å². The maximum atomic E-state index is 13.0. The lowest BCUT2D eigenvalue weighted by molar-refractivity contribution is -0.245. The van der Waals surface area contributed by atoms with E-state index in [1.165, 1.54) is 0 Å². The van der Waals surface area contributed by atoms with Crippen LogP contribution in [0.2, 0.25) is 0 Å². The molecule has 0 aliphatic carbocycles. The highest BCUT2D eigenvalue weighted by atomic mass is 19.4. The van der Waals surface area contributed by atoms with Crippen molar-refractivity contribution in [2.45, 2.75) is 44.5 Å². The van der Waals surface area contributed by atoms with Crippen molar-refractivity contribution in [1.29, 1.82) is 0 Å². The molecule has 34 heavy (non-hydrogen) atoms. The zero-order valence-corrected chi connectivity index (χ0v) is 18.7. The Bertz CT molecular complexity index is 1220. The summed E-state index contributed by atoms with van der Waals surface area (Å²) in [5, 5.41) is 23.0. The number of alkyl halides is 3. The molecule has 180 valence electrons. The van der Waals surface area contributed by atoms with Crippen molar-refractivity contribution in [2.24, 2.45) is 0 Å². The Labute approximate surface area is 194 Å². The molecule has 4 rings (SSSR count). The third-order valence-electron chi connectivity index (χ3n) is 6.10. The number of aryl methyl sites for hydroxylation is 1. The van der Waals surface area contributed by atoms with E-state index in [4.69, 9.17) is 4.98 Å². The first-order valence-electron chi connectivity index (χ1n) is 10.9. The van der Waals surface area contributed by atoms with Crippen molar-refractivity contribution in [2.75, 3.05) is 18.0 Å². The second kappa shape index (κ2) is 8.75. The standard InChI is InChI=1S/C24H25F3N4O3/c1-14-7-8-16-18(13-14)29-20(17-5-3-4-6-19(17)32)30-21(16)31-11-9-15(10-12-31)28-22(33)23(2,34)24(25,26)27/h3-8,13,15,32,34H,9-12H2,1-2H3,(H,28,33). The number of phenols is 1. The lowest BCUT2D eigenvalue weighted by atomic mass is 10.0. The van der Waals surface area contributed by atoms with Crippen LogP contribution >= 0.6 is 0 Å². The zero-order valence-electron chi connectivity index (χ0n) is 18.7. The summed E-state index contributed by atoms with van der Waals surface area (Å²) < 4.78 is 38.9. The second-order valence-electron chi connectivity index (χ2n) is 8.71. The summed E-state index contributed by atoms with van der Waals surface area (Å²) in [6, 6.07) is 12.1. The molecule has 1 amide bonds. The van der Waals surface area contributed by atoms with Crippen molar-refractivity contribution in [3.05, 3.63) is 48.0 Å². The summed E-state index contributed by atoms with van der Waals surface area (Å²) >= 11 is 0. The Morgan fingerprint density at radius 2 is 1.79 bits per heavy atom. The molecule has 0 bridgehead atoms. The van der Waals surface area contributed by atoms with Gasteiger partial charge in [0.05, 0.1) is 11.1 Å². The van der Waals surface area contributed by atoms with Crippen LogP contribution in [0.25, 0.3) is 22.3 Å². The fourth-order valence-corrected chi connectivity index (χ4v) is 3.94. The monoisotopic (exact) mass is 474 g/mol. The summed E-state index contributed by atoms with van der Waals surface area (Å²) in [5.74, 6) is -0.389. The van der Waals surface area contributed by atoms with Gasteiger partial charge in [-0.25, -0.2) is 9.97 Å². The smallest absolute Gasteiger partial charge is 0.426 e. The maximum Gasteiger partial charge on any atom is 0.426 e. The Morgan fingerprint density at radius 1 is 1.12 bits per heavy atom. The minimum atomic E-state index is -5.06. The van der Waals surface area contributed by atoms with Gasteiger partial charge in [-0.2, -0.15) is 13.2 Å². The van der Waals surface area contributed by atoms with Crippen LogP contribution in [0.3, 0.4) is 0 Å². The van der Waals surface area contributed by atoms with Crippen LogP contribution in [0.5, 0.6) is 5.75 Å². The van der Waals surface area contributed by atoms with E-state index in [-0.39, 0.29) is 5.75 Å². The van der Waals surface area contributed by atoms with Gasteiger partial charge in [-0.3, -0.25) is 4.79 Å². The highest BCUT2D eigenvalue weighted by Crippen LogP contribution is 2.34. The van der Waals surface area contributed by atoms with Gasteiger partial charge in [0.15, 0.2) is 5.82 Å². The lowest BCUT2D eigenvalue weighted by Crippen LogP contribution is -2.58. The molecule has 3 aromatic rings. The number of hydrogen-bond donors (Lipinski definition) is 3. The highest BCUT2D eigenvalue weighted by Gasteiger charge is 2.56. The minimum Gasteiger partial charge on any atom is -0.507 e. The molecular formula is C24H25F3N4O3. The molecule has 7 nitrogen and oxygen atoms in total. The molecule has 0 radical (unpaired) electrons. The molecule has 0 saturated carbocycles. The molecule has 3 N–H and O–H groups in total. The first kappa shape index (κ1) is 23.7. The van der Waals surface area contributed by atoms with Crippen LogP contribution in [0.1, 0.15) is 25.3 Å². The third kappa shape index (κ3) is 4.50. The molecule has 2 aromatic carbocycles. The number of nitrogens with zero attached hydrogens (tertiary/aromatic N) is 3. The summed E-state index contributed by atoms with van der Waals surface area (Å²) in [6.07, 6.45) is -4.30. The molecular weight excluding hydrogens is 449 g/mol. The van der Waals surface area contributed by atoms with E-state index in [0.717, 1.165) is 10.9 Å². The number of anilines is 1. The Balaban J connectivity index is 1.59. The molecule has 2 heterocycles. The Morgan fingerprint density at radius 3 is 2.44 bits per heavy atom. The van der Waals surface area contributed by atoms with E-state index >= 15 is 0 Å². The number of rotatable bonds is 4. The first-order chi connectivity index (χ1) is 16.0. The van der Waals surface area contributed by atoms with Gasteiger partial charge in [0, 0.05) is 24.5 Å². The van der Waals surface area contributed by atoms with Crippen molar-refractivity contribution in [3.8, 4) is 17.1 Å². The SMILES string of the molecule is Cc1ccc2c(N3CCC(NC(=O)C(C)(O)C(F)(F)F)CC3)nc(-c3ccccc3O)nc2c1. The van der Waals surface area contributed by atoms with E-state index in [1.54, 1.807) is 24.3 Å². The number of amides is 1. The molecule has 1 saturated heterocycles. The Kier molecular flexibility index (Phi) is 6.11. The number of aromatic nitrogens is 2. The number of piperidine rings is 1. The number of halogens is 3. The fraction of sp³-hybridized carbons (Fsp3) is 0.375. The molecule has 0 spiro atoms. The van der Waals surface area contributed by atoms with Gasteiger partial charge in [-0.05, 0) is 56.5 Å². The van der Waals surface area contributed by atoms with E-state index in [1.807, 2.05) is 30.0 Å². The molecule has 1 aliphatic heterocycles. The van der Waals surface area contributed by atoms with Crippen molar-refractivity contribution >= 4 is 22.6 Å². The fourth-order valence-electron chi connectivity index (χ4n) is 3.94. The van der Waals surface area contributed by atoms with Gasteiger partial charge in [0.1, 0.15) is 11.6 Å². The molecule has 1 atom stereocenters. The van der Waals surface area contributed by atoms with Crippen molar-refractivity contribution < 1.29 is 28.2 Å². The van der Waals surface area contributed by atoms with Gasteiger partial charge >= 0.3 is 6.18 Å². The normalized spacial score (nSPS) is 16.9. The molecule has 1 aliphatic rings. The van der Waals surface area contributed by atoms with Crippen LogP contribution in [0.15, 0.2) is 42.5 Å². The van der Waals surface area contributed by atoms with Gasteiger partial charge in [-0.1, -0.05) is 18.2 Å². The summed E-state index contributed by atoms with van der Waals surface area (Å²) in [6.45, 7) is 3.26. The zero-order chi connectivity index (χ0) is 24.7. The topological polar surface area (TPSA) is 98.6 Å². The number of hydrogen-bond acceptors (Lipinski definition) is 6. The van der Waals surface area contributed by atoms with Crippen LogP contribution in [-0.2, 0) is 4.79 Å². The predicted molar refractivity (Wildman–Crippen MR) is 121 cm³/mol. The maximum absolute atomic E-state index is 13.0. The average molecular weight is 474 g/mol. The number of benzene rings is 2. The molecule has 10 heteroatoms. The van der Waals surface area contributed by atoms with Crippen LogP contribution in [0.4, 0.5) is 19.0 Å². The second-order valence-corrected chi connectivity index (χ2v) is 8.71. The summed E-state index contributed by atoms with van der Waals surface area (Å²) in [7, 11) is 0. The number of para-hydroxylation sites is 1. The average Bonchev–Trinajstić information content (AvgIpc) is 2.78. The van der Waals surface area contributed by atoms with E-state index in [9.17, 15) is 28.2 Å². The number of nitrogens with one attached hydrogen (secondary N) is 1. The predicted octanol–water partition coefficient (Wildman–Crippen LogP) is 3.71. The third-order valence-corrected chi connectivity index (χ3v) is 6.10. The number of aliphatic hydroxyl groups is 1. The number of carbonyl (C=O) groups is 1. The van der Waals surface area contributed by atoms with Gasteiger partial charge in [-0.15, -0.1) is 0 Å². The highest BCUT2D eigenvalue weighted by molar-refractivity contribution is 5.92. The lowest BCUT2D eigenvalue weighted by Gasteiger charge is -2.35. The van der Waals surface area contributed by atoms with Gasteiger partial charge in [0.25, 0.3) is 5.91 Å². The summed E-state index contributed by atoms with van der Waals surface area (Å²) in [5.41, 5.74) is -1.24. The van der Waals surface area contributed by atoms with Crippen LogP contribution in [-0.4, -0.2) is 57.0 Å². The van der Waals surface area contributed by atoms with Gasteiger partial charge in [0.2, 0.25) is 5.60 Å². The largest absolute Gasteiger partial charge is 0.507 e. The van der Waals surface area contributed by atoms with E-state index < -0.39 is 23.7 Å². The number of phenolic OH excluding ortho intramolecular Hbond substituents is 1. The first-order valence-corrected chi connectivity index (χ1v) is 10.9. The van der Waals surface area contributed by atoms with Crippen molar-refractivity contribution in [1.82, 2.24) is 15.3 Å². The number of carbonyl (C=O) groups excluding carboxylic acids is 1. The quantitative estimate of drug-likeness (QED) is 0.533. The van der Waals surface area contributed by atoms with Crippen LogP contribution in [0, 0.1) is 6.92 Å². The Hall–Kier alpha value is -3.40. The summed E-state index contributed by atoms with van der Waals surface area (Å²) in [4.78, 5) is 23.4. The number of fused-ring (bicyclic) bond motifs is 1. The van der Waals surface area contributed by atoms with E-state index in [2.05, 4.69) is 10.3 Å². The van der Waals surface area contributed by atoms with Crippen molar-refractivity contribution in [3.63, 3.8) is 0 Å². The molecule has 1 fully saturated rings. The molecule has 1 unspecified atom stereocenters. The molecule has 1 aromatic heterocycles. The van der Waals surface area contributed by atoms with Gasteiger partial charge < -0.3 is 20.4 Å². The number of aromatic hydroxyl groups is 1. The minimum absolute atomic E-state index is 0.0543. The van der Waals surface area contributed by atoms with E-state index in [0.29, 0.717) is 55.6 Å².